The first kappa shape index (κ1) is 13.1. The lowest BCUT2D eigenvalue weighted by molar-refractivity contribution is 0.0983. The van der Waals surface area contributed by atoms with E-state index in [4.69, 9.17) is 10.3 Å². The van der Waals surface area contributed by atoms with Gasteiger partial charge in [0.05, 0.1) is 5.54 Å². The number of hydrogen-bond donors (Lipinski definition) is 1. The third-order valence-corrected chi connectivity index (χ3v) is 4.91. The molecule has 2 aliphatic carbocycles. The van der Waals surface area contributed by atoms with Gasteiger partial charge in [0.25, 0.3) is 0 Å². The number of rotatable bonds is 3. The Morgan fingerprint density at radius 1 is 1.26 bits per heavy atom. The second-order valence-corrected chi connectivity index (χ2v) is 7.01. The van der Waals surface area contributed by atoms with Crippen molar-refractivity contribution in [1.29, 1.82) is 0 Å². The van der Waals surface area contributed by atoms with Gasteiger partial charge in [0.15, 0.2) is 5.82 Å². The van der Waals surface area contributed by atoms with E-state index in [9.17, 15) is 0 Å². The van der Waals surface area contributed by atoms with Crippen LogP contribution in [0.15, 0.2) is 4.52 Å². The monoisotopic (exact) mass is 263 g/mol. The molecule has 2 fully saturated rings. The van der Waals surface area contributed by atoms with Crippen LogP contribution in [0.25, 0.3) is 0 Å². The summed E-state index contributed by atoms with van der Waals surface area (Å²) in [5.41, 5.74) is 6.36. The van der Waals surface area contributed by atoms with Gasteiger partial charge in [0.1, 0.15) is 0 Å². The van der Waals surface area contributed by atoms with Crippen molar-refractivity contribution in [3.63, 3.8) is 0 Å². The van der Waals surface area contributed by atoms with Gasteiger partial charge in [0, 0.05) is 5.92 Å². The van der Waals surface area contributed by atoms with Crippen LogP contribution in [-0.2, 0) is 5.54 Å². The predicted octanol–water partition coefficient (Wildman–Crippen LogP) is 3.19. The van der Waals surface area contributed by atoms with E-state index in [2.05, 4.69) is 30.9 Å². The summed E-state index contributed by atoms with van der Waals surface area (Å²) in [5, 5.41) is 4.23. The Hall–Kier alpha value is -0.900. The molecule has 0 saturated heterocycles. The number of hydrogen-bond acceptors (Lipinski definition) is 4. The van der Waals surface area contributed by atoms with E-state index in [-0.39, 0.29) is 0 Å². The Morgan fingerprint density at radius 3 is 2.63 bits per heavy atom. The molecule has 3 atom stereocenters. The maximum Gasteiger partial charge on any atom is 0.229 e. The first-order valence-electron chi connectivity index (χ1n) is 7.63. The summed E-state index contributed by atoms with van der Waals surface area (Å²) < 4.78 is 5.43. The van der Waals surface area contributed by atoms with Crippen LogP contribution in [0.3, 0.4) is 0 Å². The molecule has 106 valence electrons. The van der Waals surface area contributed by atoms with Gasteiger partial charge in [-0.05, 0) is 43.4 Å². The second-order valence-electron chi connectivity index (χ2n) is 7.01. The lowest BCUT2D eigenvalue weighted by Gasteiger charge is -2.43. The number of nitrogens with zero attached hydrogens (tertiary/aromatic N) is 2. The minimum Gasteiger partial charge on any atom is -0.339 e. The van der Waals surface area contributed by atoms with Gasteiger partial charge in [0.2, 0.25) is 5.89 Å². The van der Waals surface area contributed by atoms with Crippen molar-refractivity contribution in [3.8, 4) is 0 Å². The molecule has 4 nitrogen and oxygen atoms in total. The van der Waals surface area contributed by atoms with Crippen LogP contribution in [0.1, 0.15) is 70.5 Å². The molecule has 4 heteroatoms. The van der Waals surface area contributed by atoms with Crippen LogP contribution in [0, 0.1) is 17.8 Å². The SMILES string of the molecule is CC1CCC(C(C)C)C(N)(c2noc(C3CC3)n2)C1. The number of aromatic nitrogens is 2. The summed E-state index contributed by atoms with van der Waals surface area (Å²) in [6.45, 7) is 6.79. The summed E-state index contributed by atoms with van der Waals surface area (Å²) in [5.74, 6) is 3.71. The summed E-state index contributed by atoms with van der Waals surface area (Å²) in [7, 11) is 0. The van der Waals surface area contributed by atoms with Crippen molar-refractivity contribution in [2.75, 3.05) is 0 Å². The van der Waals surface area contributed by atoms with Gasteiger partial charge in [-0.3, -0.25) is 0 Å². The Labute approximate surface area is 115 Å². The topological polar surface area (TPSA) is 64.9 Å². The minimum atomic E-state index is -0.400. The molecular formula is C15H25N3O. The fourth-order valence-electron chi connectivity index (χ4n) is 3.66. The van der Waals surface area contributed by atoms with E-state index in [0.29, 0.717) is 23.7 Å². The first-order valence-corrected chi connectivity index (χ1v) is 7.63. The fraction of sp³-hybridized carbons (Fsp3) is 0.867. The summed E-state index contributed by atoms with van der Waals surface area (Å²) in [6, 6.07) is 0. The van der Waals surface area contributed by atoms with Crippen LogP contribution >= 0.6 is 0 Å². The standard InChI is InChI=1S/C15H25N3O/c1-9(2)12-7-4-10(3)8-15(12,16)14-17-13(19-18-14)11-5-6-11/h9-12H,4-8,16H2,1-3H3. The molecule has 2 saturated carbocycles. The molecule has 1 heterocycles. The van der Waals surface area contributed by atoms with Gasteiger partial charge in [-0.25, -0.2) is 0 Å². The summed E-state index contributed by atoms with van der Waals surface area (Å²) in [4.78, 5) is 4.63. The van der Waals surface area contributed by atoms with Crippen LogP contribution < -0.4 is 5.73 Å². The zero-order chi connectivity index (χ0) is 13.6. The first-order chi connectivity index (χ1) is 9.00. The maximum absolute atomic E-state index is 6.76. The van der Waals surface area contributed by atoms with Gasteiger partial charge in [-0.15, -0.1) is 0 Å². The molecule has 2 aliphatic rings. The highest BCUT2D eigenvalue weighted by atomic mass is 16.5. The normalized spacial score (nSPS) is 35.8. The molecule has 0 radical (unpaired) electrons. The Balaban J connectivity index is 1.91. The average molecular weight is 263 g/mol. The van der Waals surface area contributed by atoms with E-state index < -0.39 is 5.54 Å². The molecule has 19 heavy (non-hydrogen) atoms. The van der Waals surface area contributed by atoms with Crippen LogP contribution in [-0.4, -0.2) is 10.1 Å². The molecular weight excluding hydrogens is 238 g/mol. The van der Waals surface area contributed by atoms with Crippen LogP contribution in [0.2, 0.25) is 0 Å². The lowest BCUT2D eigenvalue weighted by Crippen LogP contribution is -2.51. The maximum atomic E-state index is 6.76. The molecule has 1 aromatic heterocycles. The molecule has 0 aliphatic heterocycles. The van der Waals surface area contributed by atoms with E-state index >= 15 is 0 Å². The van der Waals surface area contributed by atoms with E-state index in [0.717, 1.165) is 18.1 Å². The Bertz CT molecular complexity index is 452. The molecule has 0 spiro atoms. The van der Waals surface area contributed by atoms with Crippen molar-refractivity contribution in [2.45, 2.75) is 64.3 Å². The molecule has 3 rings (SSSR count). The van der Waals surface area contributed by atoms with Crippen molar-refractivity contribution < 1.29 is 4.52 Å². The smallest absolute Gasteiger partial charge is 0.229 e. The molecule has 3 unspecified atom stereocenters. The van der Waals surface area contributed by atoms with E-state index in [1.165, 1.54) is 25.7 Å². The Morgan fingerprint density at radius 2 is 2.00 bits per heavy atom. The number of nitrogens with two attached hydrogens (primary N) is 1. The highest BCUT2D eigenvalue weighted by Gasteiger charge is 2.46. The highest BCUT2D eigenvalue weighted by Crippen LogP contribution is 2.46. The van der Waals surface area contributed by atoms with Gasteiger partial charge < -0.3 is 10.3 Å². The highest BCUT2D eigenvalue weighted by molar-refractivity contribution is 5.12. The molecule has 2 N–H and O–H groups in total. The average Bonchev–Trinajstić information content (AvgIpc) is 3.06. The largest absolute Gasteiger partial charge is 0.339 e. The third-order valence-electron chi connectivity index (χ3n) is 4.91. The fourth-order valence-corrected chi connectivity index (χ4v) is 3.66. The molecule has 0 amide bonds. The zero-order valence-electron chi connectivity index (χ0n) is 12.2. The van der Waals surface area contributed by atoms with Crippen molar-refractivity contribution in [1.82, 2.24) is 10.1 Å². The van der Waals surface area contributed by atoms with Gasteiger partial charge >= 0.3 is 0 Å². The second kappa shape index (κ2) is 4.58. The third kappa shape index (κ3) is 2.31. The minimum absolute atomic E-state index is 0.400. The Kier molecular flexibility index (Phi) is 3.16. The van der Waals surface area contributed by atoms with Crippen LogP contribution in [0.5, 0.6) is 0 Å². The van der Waals surface area contributed by atoms with Gasteiger partial charge in [-0.1, -0.05) is 32.3 Å². The zero-order valence-corrected chi connectivity index (χ0v) is 12.2. The molecule has 1 aromatic rings. The van der Waals surface area contributed by atoms with E-state index in [1.807, 2.05) is 0 Å². The quantitative estimate of drug-likeness (QED) is 0.909. The van der Waals surface area contributed by atoms with Gasteiger partial charge in [-0.2, -0.15) is 4.98 Å². The van der Waals surface area contributed by atoms with E-state index in [1.54, 1.807) is 0 Å². The molecule has 0 bridgehead atoms. The predicted molar refractivity (Wildman–Crippen MR) is 73.5 cm³/mol. The van der Waals surface area contributed by atoms with Crippen molar-refractivity contribution in [2.24, 2.45) is 23.5 Å². The van der Waals surface area contributed by atoms with Crippen molar-refractivity contribution in [3.05, 3.63) is 11.7 Å². The summed E-state index contributed by atoms with van der Waals surface area (Å²) >= 11 is 0. The lowest BCUT2D eigenvalue weighted by atomic mass is 9.65. The van der Waals surface area contributed by atoms with Crippen LogP contribution in [0.4, 0.5) is 0 Å². The van der Waals surface area contributed by atoms with Crippen molar-refractivity contribution >= 4 is 0 Å². The molecule has 0 aromatic carbocycles. The summed E-state index contributed by atoms with van der Waals surface area (Å²) in [6.07, 6.45) is 5.77.